The van der Waals surface area contributed by atoms with Crippen LogP contribution in [0.4, 0.5) is 0 Å². The number of rotatable bonds is 4. The van der Waals surface area contributed by atoms with Crippen molar-refractivity contribution in [2.45, 2.75) is 46.7 Å². The zero-order valence-corrected chi connectivity index (χ0v) is 13.2. The molecular formula is C17H24N2O2. The van der Waals surface area contributed by atoms with Crippen LogP contribution in [0.3, 0.4) is 0 Å². The van der Waals surface area contributed by atoms with Gasteiger partial charge in [-0.1, -0.05) is 38.1 Å². The van der Waals surface area contributed by atoms with E-state index >= 15 is 0 Å². The Hall–Kier alpha value is -1.68. The maximum absolute atomic E-state index is 12.7. The van der Waals surface area contributed by atoms with E-state index in [4.69, 9.17) is 5.73 Å². The molecule has 4 heteroatoms. The molecule has 1 aromatic carbocycles. The minimum Gasteiger partial charge on any atom is -0.326 e. The van der Waals surface area contributed by atoms with Crippen molar-refractivity contribution in [3.05, 3.63) is 35.4 Å². The third-order valence-electron chi connectivity index (χ3n) is 4.85. The Kier molecular flexibility index (Phi) is 4.19. The number of hydrogen-bond donors (Lipinski definition) is 1. The summed E-state index contributed by atoms with van der Waals surface area (Å²) in [6.45, 7) is 8.27. The van der Waals surface area contributed by atoms with Gasteiger partial charge in [0.25, 0.3) is 0 Å². The van der Waals surface area contributed by atoms with Gasteiger partial charge in [0.15, 0.2) is 0 Å². The predicted octanol–water partition coefficient (Wildman–Crippen LogP) is 2.63. The Morgan fingerprint density at radius 1 is 1.19 bits per heavy atom. The Morgan fingerprint density at radius 3 is 2.19 bits per heavy atom. The van der Waals surface area contributed by atoms with Crippen LogP contribution in [0.15, 0.2) is 24.3 Å². The van der Waals surface area contributed by atoms with Crippen LogP contribution in [0.5, 0.6) is 0 Å². The van der Waals surface area contributed by atoms with Crippen LogP contribution < -0.4 is 5.73 Å². The lowest BCUT2D eigenvalue weighted by Gasteiger charge is -2.29. The summed E-state index contributed by atoms with van der Waals surface area (Å²) in [4.78, 5) is 26.5. The summed E-state index contributed by atoms with van der Waals surface area (Å²) in [6.07, 6.45) is 0.300. The van der Waals surface area contributed by atoms with E-state index in [1.807, 2.05) is 52.0 Å². The molecule has 1 heterocycles. The van der Waals surface area contributed by atoms with Gasteiger partial charge in [-0.05, 0) is 30.9 Å². The van der Waals surface area contributed by atoms with Gasteiger partial charge >= 0.3 is 0 Å². The summed E-state index contributed by atoms with van der Waals surface area (Å²) in [7, 11) is 0. The molecule has 2 rings (SSSR count). The molecule has 4 nitrogen and oxygen atoms in total. The van der Waals surface area contributed by atoms with Crippen molar-refractivity contribution in [2.24, 2.45) is 17.1 Å². The Balaban J connectivity index is 2.28. The van der Waals surface area contributed by atoms with Crippen LogP contribution in [0, 0.1) is 11.3 Å². The minimum atomic E-state index is -0.581. The average Bonchev–Trinajstić information content (AvgIpc) is 2.69. The van der Waals surface area contributed by atoms with Crippen LogP contribution in [0.1, 0.15) is 51.3 Å². The second kappa shape index (κ2) is 5.60. The van der Waals surface area contributed by atoms with Gasteiger partial charge in [-0.25, -0.2) is 0 Å². The van der Waals surface area contributed by atoms with Crippen molar-refractivity contribution >= 4 is 11.8 Å². The van der Waals surface area contributed by atoms with Gasteiger partial charge < -0.3 is 5.73 Å². The lowest BCUT2D eigenvalue weighted by molar-refractivity contribution is -0.144. The zero-order valence-electron chi connectivity index (χ0n) is 13.2. The molecule has 1 aliphatic rings. The Bertz CT molecular complexity index is 550. The largest absolute Gasteiger partial charge is 0.326 e. The molecule has 1 saturated heterocycles. The van der Waals surface area contributed by atoms with E-state index in [0.717, 1.165) is 11.1 Å². The summed E-state index contributed by atoms with van der Waals surface area (Å²) in [5, 5.41) is 0. The molecule has 2 unspecified atom stereocenters. The molecule has 2 N–H and O–H groups in total. The van der Waals surface area contributed by atoms with Gasteiger partial charge in [-0.3, -0.25) is 14.5 Å². The molecule has 1 aliphatic heterocycles. The van der Waals surface area contributed by atoms with Crippen molar-refractivity contribution in [3.63, 3.8) is 0 Å². The molecule has 21 heavy (non-hydrogen) atoms. The molecule has 0 spiro atoms. The number of carbonyl (C=O) groups is 2. The first-order valence-corrected chi connectivity index (χ1v) is 7.46. The number of carbonyl (C=O) groups excluding carboxylic acids is 2. The van der Waals surface area contributed by atoms with E-state index in [-0.39, 0.29) is 23.8 Å². The highest BCUT2D eigenvalue weighted by Crippen LogP contribution is 2.42. The first-order chi connectivity index (χ1) is 9.81. The van der Waals surface area contributed by atoms with Gasteiger partial charge in [-0.15, -0.1) is 0 Å². The molecule has 114 valence electrons. The molecule has 1 aromatic rings. The number of nitrogens with two attached hydrogens (primary N) is 1. The van der Waals surface area contributed by atoms with Crippen molar-refractivity contribution in [1.82, 2.24) is 4.90 Å². The first-order valence-electron chi connectivity index (χ1n) is 7.46. The molecule has 0 bridgehead atoms. The molecule has 0 aliphatic carbocycles. The van der Waals surface area contributed by atoms with Gasteiger partial charge in [0.1, 0.15) is 0 Å². The lowest BCUT2D eigenvalue weighted by atomic mass is 9.78. The highest BCUT2D eigenvalue weighted by molar-refractivity contribution is 6.06. The van der Waals surface area contributed by atoms with Crippen molar-refractivity contribution in [3.8, 4) is 0 Å². The number of likely N-dealkylation sites (tertiary alicyclic amines) is 1. The Labute approximate surface area is 126 Å². The smallest absolute Gasteiger partial charge is 0.236 e. The molecular weight excluding hydrogens is 264 g/mol. The number of amides is 2. The molecule has 0 aromatic heterocycles. The van der Waals surface area contributed by atoms with Gasteiger partial charge in [0.2, 0.25) is 11.8 Å². The van der Waals surface area contributed by atoms with Crippen molar-refractivity contribution in [2.75, 3.05) is 0 Å². The Morgan fingerprint density at radius 2 is 1.76 bits per heavy atom. The van der Waals surface area contributed by atoms with E-state index < -0.39 is 5.41 Å². The van der Waals surface area contributed by atoms with Crippen molar-refractivity contribution < 1.29 is 9.59 Å². The SMILES string of the molecule is CC(c1ccc(CN)cc1)N1C(=O)CC(C)(C(C)C)C1=O. The second-order valence-corrected chi connectivity index (χ2v) is 6.44. The monoisotopic (exact) mass is 288 g/mol. The fraction of sp³-hybridized carbons (Fsp3) is 0.529. The minimum absolute atomic E-state index is 0.0575. The van der Waals surface area contributed by atoms with E-state index in [0.29, 0.717) is 13.0 Å². The number of nitrogens with zero attached hydrogens (tertiary/aromatic N) is 1. The summed E-state index contributed by atoms with van der Waals surface area (Å²) in [6, 6.07) is 7.53. The maximum Gasteiger partial charge on any atom is 0.236 e. The normalized spacial score (nSPS) is 24.0. The van der Waals surface area contributed by atoms with E-state index in [9.17, 15) is 9.59 Å². The predicted molar refractivity (Wildman–Crippen MR) is 82.2 cm³/mol. The van der Waals surface area contributed by atoms with Crippen LogP contribution in [0.25, 0.3) is 0 Å². The van der Waals surface area contributed by atoms with E-state index in [1.165, 1.54) is 4.90 Å². The summed E-state index contributed by atoms with van der Waals surface area (Å²) < 4.78 is 0. The van der Waals surface area contributed by atoms with E-state index in [1.54, 1.807) is 0 Å². The average molecular weight is 288 g/mol. The van der Waals surface area contributed by atoms with Crippen molar-refractivity contribution in [1.29, 1.82) is 0 Å². The van der Waals surface area contributed by atoms with Crippen LogP contribution >= 0.6 is 0 Å². The lowest BCUT2D eigenvalue weighted by Crippen LogP contribution is -2.38. The first kappa shape index (κ1) is 15.7. The van der Waals surface area contributed by atoms with Gasteiger partial charge in [-0.2, -0.15) is 0 Å². The zero-order chi connectivity index (χ0) is 15.8. The number of imide groups is 1. The molecule has 0 saturated carbocycles. The van der Waals surface area contributed by atoms with Gasteiger partial charge in [0, 0.05) is 13.0 Å². The number of hydrogen-bond acceptors (Lipinski definition) is 3. The highest BCUT2D eigenvalue weighted by atomic mass is 16.2. The third kappa shape index (κ3) is 2.60. The molecule has 2 atom stereocenters. The standard InChI is InChI=1S/C17H24N2O2/c1-11(2)17(4)9-15(20)19(16(17)21)12(3)14-7-5-13(10-18)6-8-14/h5-8,11-12H,9-10,18H2,1-4H3. The summed E-state index contributed by atoms with van der Waals surface area (Å²) in [5.74, 6) is 0.00951. The summed E-state index contributed by atoms with van der Waals surface area (Å²) in [5.41, 5.74) is 7.01. The van der Waals surface area contributed by atoms with Crippen LogP contribution in [-0.4, -0.2) is 16.7 Å². The maximum atomic E-state index is 12.7. The molecule has 1 fully saturated rings. The fourth-order valence-electron chi connectivity index (χ4n) is 2.79. The fourth-order valence-corrected chi connectivity index (χ4v) is 2.79. The van der Waals surface area contributed by atoms with Gasteiger partial charge in [0.05, 0.1) is 11.5 Å². The quantitative estimate of drug-likeness (QED) is 0.866. The third-order valence-corrected chi connectivity index (χ3v) is 4.85. The molecule has 0 radical (unpaired) electrons. The second-order valence-electron chi connectivity index (χ2n) is 6.44. The van der Waals surface area contributed by atoms with E-state index in [2.05, 4.69) is 0 Å². The number of benzene rings is 1. The van der Waals surface area contributed by atoms with Crippen LogP contribution in [-0.2, 0) is 16.1 Å². The topological polar surface area (TPSA) is 63.4 Å². The summed E-state index contributed by atoms with van der Waals surface area (Å²) >= 11 is 0. The molecule has 2 amide bonds. The highest BCUT2D eigenvalue weighted by Gasteiger charge is 2.51. The van der Waals surface area contributed by atoms with Crippen LogP contribution in [0.2, 0.25) is 0 Å².